The minimum atomic E-state index is 0.368. The Bertz CT molecular complexity index is 479. The molecule has 1 aliphatic carbocycles. The van der Waals surface area contributed by atoms with E-state index in [0.717, 1.165) is 18.0 Å². The average molecular weight is 270 g/mol. The third-order valence-electron chi connectivity index (χ3n) is 4.50. The van der Waals surface area contributed by atoms with Gasteiger partial charge in [0.1, 0.15) is 0 Å². The van der Waals surface area contributed by atoms with Gasteiger partial charge in [0.2, 0.25) is 0 Å². The first-order valence-electron chi connectivity index (χ1n) is 7.73. The van der Waals surface area contributed by atoms with Crippen LogP contribution >= 0.6 is 0 Å². The molecule has 0 radical (unpaired) electrons. The minimum Gasteiger partial charge on any atom is -0.310 e. The Hall–Kier alpha value is -1.33. The smallest absolute Gasteiger partial charge is 0.0991 e. The normalized spacial score (nSPS) is 23.3. The van der Waals surface area contributed by atoms with Crippen LogP contribution in [0.4, 0.5) is 0 Å². The van der Waals surface area contributed by atoms with Crippen molar-refractivity contribution in [3.8, 4) is 6.07 Å². The fourth-order valence-corrected chi connectivity index (χ4v) is 3.41. The SMILES string of the molecule is CC(C)(C)C1CCCCC1NCc1cccc(C#N)c1. The number of hydrogen-bond donors (Lipinski definition) is 1. The Labute approximate surface area is 123 Å². The fraction of sp³-hybridized carbons (Fsp3) is 0.611. The first-order valence-corrected chi connectivity index (χ1v) is 7.73. The summed E-state index contributed by atoms with van der Waals surface area (Å²) in [4.78, 5) is 0. The van der Waals surface area contributed by atoms with Crippen LogP contribution in [-0.2, 0) is 6.54 Å². The van der Waals surface area contributed by atoms with Crippen LogP contribution in [0.3, 0.4) is 0 Å². The van der Waals surface area contributed by atoms with E-state index in [0.29, 0.717) is 11.5 Å². The zero-order valence-electron chi connectivity index (χ0n) is 12.9. The Morgan fingerprint density at radius 2 is 2.00 bits per heavy atom. The molecule has 2 heteroatoms. The number of benzene rings is 1. The van der Waals surface area contributed by atoms with Crippen molar-refractivity contribution in [2.45, 2.75) is 59.0 Å². The lowest BCUT2D eigenvalue weighted by molar-refractivity contribution is 0.130. The topological polar surface area (TPSA) is 35.8 Å². The molecule has 2 nitrogen and oxygen atoms in total. The Balaban J connectivity index is 1.99. The minimum absolute atomic E-state index is 0.368. The quantitative estimate of drug-likeness (QED) is 0.891. The zero-order chi connectivity index (χ0) is 14.6. The Morgan fingerprint density at radius 3 is 2.70 bits per heavy atom. The molecule has 0 amide bonds. The number of nitriles is 1. The molecule has 108 valence electrons. The van der Waals surface area contributed by atoms with E-state index >= 15 is 0 Å². The van der Waals surface area contributed by atoms with Crippen LogP contribution in [0, 0.1) is 22.7 Å². The lowest BCUT2D eigenvalue weighted by Gasteiger charge is -2.41. The summed E-state index contributed by atoms with van der Waals surface area (Å²) >= 11 is 0. The molecule has 2 rings (SSSR count). The molecule has 1 N–H and O–H groups in total. The van der Waals surface area contributed by atoms with Crippen LogP contribution in [0.5, 0.6) is 0 Å². The van der Waals surface area contributed by atoms with Crippen molar-refractivity contribution < 1.29 is 0 Å². The fourth-order valence-electron chi connectivity index (χ4n) is 3.41. The Kier molecular flexibility index (Phi) is 4.83. The van der Waals surface area contributed by atoms with E-state index in [1.165, 1.54) is 31.2 Å². The lowest BCUT2D eigenvalue weighted by Crippen LogP contribution is -2.43. The summed E-state index contributed by atoms with van der Waals surface area (Å²) in [5.74, 6) is 0.746. The maximum atomic E-state index is 8.96. The monoisotopic (exact) mass is 270 g/mol. The van der Waals surface area contributed by atoms with Crippen molar-refractivity contribution >= 4 is 0 Å². The largest absolute Gasteiger partial charge is 0.310 e. The number of hydrogen-bond acceptors (Lipinski definition) is 2. The van der Waals surface area contributed by atoms with Gasteiger partial charge >= 0.3 is 0 Å². The predicted octanol–water partition coefficient (Wildman–Crippen LogP) is 4.25. The molecule has 2 atom stereocenters. The van der Waals surface area contributed by atoms with E-state index < -0.39 is 0 Å². The molecule has 1 aromatic rings. The molecule has 2 unspecified atom stereocenters. The highest BCUT2D eigenvalue weighted by Gasteiger charge is 2.33. The second-order valence-electron chi connectivity index (χ2n) is 7.06. The van der Waals surface area contributed by atoms with Crippen molar-refractivity contribution in [1.29, 1.82) is 5.26 Å². The van der Waals surface area contributed by atoms with E-state index in [-0.39, 0.29) is 0 Å². The number of nitrogens with zero attached hydrogens (tertiary/aromatic N) is 1. The second kappa shape index (κ2) is 6.41. The van der Waals surface area contributed by atoms with E-state index in [1.54, 1.807) is 0 Å². The standard InChI is InChI=1S/C18H26N2/c1-18(2,3)16-9-4-5-10-17(16)20-13-15-8-6-7-14(11-15)12-19/h6-8,11,16-17,20H,4-5,9-10,13H2,1-3H3. The molecule has 0 heterocycles. The van der Waals surface area contributed by atoms with Gasteiger partial charge in [0.15, 0.2) is 0 Å². The van der Waals surface area contributed by atoms with Crippen molar-refractivity contribution in [3.05, 3.63) is 35.4 Å². The van der Waals surface area contributed by atoms with E-state index in [1.807, 2.05) is 18.2 Å². The molecule has 1 aromatic carbocycles. The first-order chi connectivity index (χ1) is 9.50. The molecule has 20 heavy (non-hydrogen) atoms. The molecule has 0 aliphatic heterocycles. The van der Waals surface area contributed by atoms with Gasteiger partial charge in [-0.1, -0.05) is 45.7 Å². The van der Waals surface area contributed by atoms with Gasteiger partial charge in [0.25, 0.3) is 0 Å². The van der Waals surface area contributed by atoms with Crippen molar-refractivity contribution in [3.63, 3.8) is 0 Å². The molecular formula is C18H26N2. The van der Waals surface area contributed by atoms with Crippen LogP contribution in [-0.4, -0.2) is 6.04 Å². The first kappa shape index (κ1) is 15.1. The van der Waals surface area contributed by atoms with Gasteiger partial charge in [0.05, 0.1) is 11.6 Å². The van der Waals surface area contributed by atoms with Gasteiger partial charge in [-0.05, 0) is 41.9 Å². The highest BCUT2D eigenvalue weighted by atomic mass is 14.9. The second-order valence-corrected chi connectivity index (χ2v) is 7.06. The molecule has 1 aliphatic rings. The average Bonchev–Trinajstić information content (AvgIpc) is 2.44. The zero-order valence-corrected chi connectivity index (χ0v) is 12.9. The van der Waals surface area contributed by atoms with Gasteiger partial charge in [-0.2, -0.15) is 5.26 Å². The van der Waals surface area contributed by atoms with Crippen LogP contribution in [0.15, 0.2) is 24.3 Å². The summed E-state index contributed by atoms with van der Waals surface area (Å²) in [6.45, 7) is 7.93. The van der Waals surface area contributed by atoms with E-state index in [4.69, 9.17) is 5.26 Å². The predicted molar refractivity (Wildman–Crippen MR) is 83.2 cm³/mol. The van der Waals surface area contributed by atoms with Crippen molar-refractivity contribution in [1.82, 2.24) is 5.32 Å². The number of nitrogens with one attached hydrogen (secondary N) is 1. The van der Waals surface area contributed by atoms with Crippen LogP contribution < -0.4 is 5.32 Å². The van der Waals surface area contributed by atoms with Gasteiger partial charge in [-0.25, -0.2) is 0 Å². The molecule has 0 aromatic heterocycles. The van der Waals surface area contributed by atoms with E-state index in [2.05, 4.69) is 38.2 Å². The lowest BCUT2D eigenvalue weighted by atomic mass is 9.69. The highest BCUT2D eigenvalue weighted by Crippen LogP contribution is 2.38. The highest BCUT2D eigenvalue weighted by molar-refractivity contribution is 5.32. The molecule has 0 bridgehead atoms. The van der Waals surface area contributed by atoms with Crippen molar-refractivity contribution in [2.24, 2.45) is 11.3 Å². The molecule has 1 fully saturated rings. The van der Waals surface area contributed by atoms with Gasteiger partial charge in [-0.3, -0.25) is 0 Å². The van der Waals surface area contributed by atoms with Gasteiger partial charge in [0, 0.05) is 12.6 Å². The van der Waals surface area contributed by atoms with Gasteiger partial charge < -0.3 is 5.32 Å². The summed E-state index contributed by atoms with van der Waals surface area (Å²) in [6.07, 6.45) is 5.31. The Morgan fingerprint density at radius 1 is 1.25 bits per heavy atom. The summed E-state index contributed by atoms with van der Waals surface area (Å²) in [5.41, 5.74) is 2.33. The molecule has 0 saturated heterocycles. The van der Waals surface area contributed by atoms with Crippen LogP contribution in [0.2, 0.25) is 0 Å². The third kappa shape index (κ3) is 3.84. The molecule has 0 spiro atoms. The summed E-state index contributed by atoms with van der Waals surface area (Å²) < 4.78 is 0. The van der Waals surface area contributed by atoms with Crippen molar-refractivity contribution in [2.75, 3.05) is 0 Å². The maximum absolute atomic E-state index is 8.96. The van der Waals surface area contributed by atoms with Crippen LogP contribution in [0.1, 0.15) is 57.6 Å². The summed E-state index contributed by atoms with van der Waals surface area (Å²) in [7, 11) is 0. The number of rotatable bonds is 3. The molecule has 1 saturated carbocycles. The maximum Gasteiger partial charge on any atom is 0.0991 e. The third-order valence-corrected chi connectivity index (χ3v) is 4.50. The van der Waals surface area contributed by atoms with E-state index in [9.17, 15) is 0 Å². The molecular weight excluding hydrogens is 244 g/mol. The van der Waals surface area contributed by atoms with Gasteiger partial charge in [-0.15, -0.1) is 0 Å². The summed E-state index contributed by atoms with van der Waals surface area (Å²) in [5, 5.41) is 12.7. The van der Waals surface area contributed by atoms with Crippen LogP contribution in [0.25, 0.3) is 0 Å². The summed E-state index contributed by atoms with van der Waals surface area (Å²) in [6, 6.07) is 10.7.